The summed E-state index contributed by atoms with van der Waals surface area (Å²) in [4.78, 5) is 11.7. The Balaban J connectivity index is 2.42. The number of alkyl halides is 1. The first kappa shape index (κ1) is 11.9. The highest BCUT2D eigenvalue weighted by atomic mass is 19.1. The average molecular weight is 244 g/mol. The summed E-state index contributed by atoms with van der Waals surface area (Å²) in [5.41, 5.74) is 0.732. The van der Waals surface area contributed by atoms with Crippen molar-refractivity contribution >= 4 is 0 Å². The van der Waals surface area contributed by atoms with E-state index in [1.807, 2.05) is 6.07 Å². The average Bonchev–Trinajstić information content (AvgIpc) is 2.41. The van der Waals surface area contributed by atoms with Crippen LogP contribution in [0.15, 0.2) is 47.4 Å². The van der Waals surface area contributed by atoms with Gasteiger partial charge in [0.15, 0.2) is 0 Å². The molecule has 0 aliphatic heterocycles. The van der Waals surface area contributed by atoms with E-state index in [1.54, 1.807) is 24.3 Å². The lowest BCUT2D eigenvalue weighted by Gasteiger charge is -2.07. The van der Waals surface area contributed by atoms with Crippen LogP contribution in [-0.2, 0) is 0 Å². The molecule has 4 nitrogen and oxygen atoms in total. The minimum atomic E-state index is -0.900. The van der Waals surface area contributed by atoms with E-state index in [2.05, 4.69) is 4.74 Å². The van der Waals surface area contributed by atoms with Crippen molar-refractivity contribution in [1.82, 2.24) is 4.57 Å². The topological polar surface area (TPSA) is 55.0 Å². The van der Waals surface area contributed by atoms with Crippen molar-refractivity contribution < 1.29 is 9.13 Å². The molecule has 18 heavy (non-hydrogen) atoms. The highest BCUT2D eigenvalue weighted by Gasteiger charge is 2.01. The van der Waals surface area contributed by atoms with Crippen molar-refractivity contribution in [2.24, 2.45) is 0 Å². The molecule has 0 saturated carbocycles. The molecule has 90 valence electrons. The van der Waals surface area contributed by atoms with E-state index < -0.39 is 6.86 Å². The van der Waals surface area contributed by atoms with Gasteiger partial charge in [-0.25, -0.2) is 4.39 Å². The van der Waals surface area contributed by atoms with Crippen LogP contribution in [0.25, 0.3) is 5.69 Å². The third-order valence-electron chi connectivity index (χ3n) is 2.38. The standard InChI is InChI=1S/C13H9FN2O2/c14-9-18-12-4-2-11(3-5-12)16-8-10(7-15)1-6-13(16)17/h1-6,8H,9H2. The van der Waals surface area contributed by atoms with E-state index in [0.29, 0.717) is 17.0 Å². The fourth-order valence-corrected chi connectivity index (χ4v) is 1.52. The van der Waals surface area contributed by atoms with Crippen LogP contribution in [0.5, 0.6) is 5.75 Å². The summed E-state index contributed by atoms with van der Waals surface area (Å²) in [5.74, 6) is 0.380. The van der Waals surface area contributed by atoms with Gasteiger partial charge in [-0.1, -0.05) is 0 Å². The van der Waals surface area contributed by atoms with Gasteiger partial charge < -0.3 is 4.74 Å². The summed E-state index contributed by atoms with van der Waals surface area (Å²) in [6, 6.07) is 11.1. The predicted molar refractivity (Wildman–Crippen MR) is 63.4 cm³/mol. The van der Waals surface area contributed by atoms with Crippen molar-refractivity contribution in [3.63, 3.8) is 0 Å². The van der Waals surface area contributed by atoms with Crippen molar-refractivity contribution in [1.29, 1.82) is 5.26 Å². The quantitative estimate of drug-likeness (QED) is 0.829. The van der Waals surface area contributed by atoms with E-state index in [-0.39, 0.29) is 5.56 Å². The number of rotatable bonds is 3. The molecule has 0 aliphatic rings. The zero-order valence-electron chi connectivity index (χ0n) is 9.34. The summed E-state index contributed by atoms with van der Waals surface area (Å²) < 4.78 is 18.0. The summed E-state index contributed by atoms with van der Waals surface area (Å²) >= 11 is 0. The van der Waals surface area contributed by atoms with Crippen molar-refractivity contribution in [2.45, 2.75) is 0 Å². The molecule has 1 aromatic carbocycles. The second-order valence-corrected chi connectivity index (χ2v) is 3.49. The first-order valence-electron chi connectivity index (χ1n) is 5.16. The van der Waals surface area contributed by atoms with E-state index in [9.17, 15) is 9.18 Å². The van der Waals surface area contributed by atoms with Crippen LogP contribution in [-0.4, -0.2) is 11.4 Å². The van der Waals surface area contributed by atoms with E-state index >= 15 is 0 Å². The number of pyridine rings is 1. The van der Waals surface area contributed by atoms with Gasteiger partial charge in [-0.2, -0.15) is 5.26 Å². The van der Waals surface area contributed by atoms with E-state index in [0.717, 1.165) is 0 Å². The molecule has 0 amide bonds. The van der Waals surface area contributed by atoms with Gasteiger partial charge in [-0.3, -0.25) is 9.36 Å². The lowest BCUT2D eigenvalue weighted by molar-refractivity contribution is 0.192. The number of aromatic nitrogens is 1. The number of nitrogens with zero attached hydrogens (tertiary/aromatic N) is 2. The zero-order chi connectivity index (χ0) is 13.0. The molecule has 0 N–H and O–H groups in total. The van der Waals surface area contributed by atoms with Crippen LogP contribution in [0, 0.1) is 11.3 Å². The molecular formula is C13H9FN2O2. The fourth-order valence-electron chi connectivity index (χ4n) is 1.52. The lowest BCUT2D eigenvalue weighted by Crippen LogP contribution is -2.16. The Morgan fingerprint density at radius 1 is 1.22 bits per heavy atom. The van der Waals surface area contributed by atoms with Crippen LogP contribution in [0.2, 0.25) is 0 Å². The third-order valence-corrected chi connectivity index (χ3v) is 2.38. The van der Waals surface area contributed by atoms with E-state index in [1.165, 1.54) is 22.9 Å². The molecule has 2 aromatic rings. The van der Waals surface area contributed by atoms with Crippen LogP contribution in [0.4, 0.5) is 4.39 Å². The second-order valence-electron chi connectivity index (χ2n) is 3.49. The van der Waals surface area contributed by atoms with Crippen LogP contribution in [0.1, 0.15) is 5.56 Å². The molecule has 2 rings (SSSR count). The van der Waals surface area contributed by atoms with Crippen LogP contribution < -0.4 is 10.3 Å². The van der Waals surface area contributed by atoms with Gasteiger partial charge in [0, 0.05) is 18.0 Å². The Morgan fingerprint density at radius 2 is 1.94 bits per heavy atom. The molecular weight excluding hydrogens is 235 g/mol. The van der Waals surface area contributed by atoms with Gasteiger partial charge in [-0.15, -0.1) is 0 Å². The van der Waals surface area contributed by atoms with Crippen LogP contribution >= 0.6 is 0 Å². The van der Waals surface area contributed by atoms with Crippen molar-refractivity contribution in [3.8, 4) is 17.5 Å². The number of benzene rings is 1. The largest absolute Gasteiger partial charge is 0.463 e. The maximum Gasteiger partial charge on any atom is 0.255 e. The molecule has 0 atom stereocenters. The molecule has 1 aromatic heterocycles. The van der Waals surface area contributed by atoms with Crippen molar-refractivity contribution in [3.05, 3.63) is 58.5 Å². The van der Waals surface area contributed by atoms with E-state index in [4.69, 9.17) is 5.26 Å². The van der Waals surface area contributed by atoms with Crippen molar-refractivity contribution in [2.75, 3.05) is 6.86 Å². The minimum absolute atomic E-state index is 0.242. The maximum absolute atomic E-state index is 12.0. The van der Waals surface area contributed by atoms with Gasteiger partial charge in [0.05, 0.1) is 5.56 Å². The number of nitriles is 1. The van der Waals surface area contributed by atoms with Gasteiger partial charge >= 0.3 is 0 Å². The molecule has 0 radical (unpaired) electrons. The monoisotopic (exact) mass is 244 g/mol. The van der Waals surface area contributed by atoms with Gasteiger partial charge in [0.25, 0.3) is 5.56 Å². The summed E-state index contributed by atoms with van der Waals surface area (Å²) in [6.07, 6.45) is 1.45. The first-order valence-corrected chi connectivity index (χ1v) is 5.16. The molecule has 5 heteroatoms. The molecule has 0 spiro atoms. The van der Waals surface area contributed by atoms with Gasteiger partial charge in [-0.05, 0) is 30.3 Å². The van der Waals surface area contributed by atoms with Gasteiger partial charge in [0.1, 0.15) is 11.8 Å². The predicted octanol–water partition coefficient (Wildman–Crippen LogP) is 2.01. The van der Waals surface area contributed by atoms with Crippen LogP contribution in [0.3, 0.4) is 0 Å². The smallest absolute Gasteiger partial charge is 0.255 e. The number of hydrogen-bond donors (Lipinski definition) is 0. The molecule has 1 heterocycles. The fraction of sp³-hybridized carbons (Fsp3) is 0.0769. The molecule has 0 saturated heterocycles. The first-order chi connectivity index (χ1) is 8.74. The molecule has 0 bridgehead atoms. The Hall–Kier alpha value is -2.61. The van der Waals surface area contributed by atoms with Gasteiger partial charge in [0.2, 0.25) is 6.86 Å². The highest BCUT2D eigenvalue weighted by Crippen LogP contribution is 2.14. The molecule has 0 fully saturated rings. The summed E-state index contributed by atoms with van der Waals surface area (Å²) in [7, 11) is 0. The SMILES string of the molecule is N#Cc1ccc(=O)n(-c2ccc(OCF)cc2)c1. The third kappa shape index (κ3) is 2.38. The number of hydrogen-bond acceptors (Lipinski definition) is 3. The second kappa shape index (κ2) is 5.15. The lowest BCUT2D eigenvalue weighted by atomic mass is 10.2. The number of halogens is 1. The Morgan fingerprint density at radius 3 is 2.56 bits per heavy atom. The molecule has 0 unspecified atom stereocenters. The normalized spacial score (nSPS) is 9.78. The maximum atomic E-state index is 12.0. The number of ether oxygens (including phenoxy) is 1. The minimum Gasteiger partial charge on any atom is -0.463 e. The Kier molecular flexibility index (Phi) is 3.39. The Labute approximate surface area is 102 Å². The summed E-state index contributed by atoms with van der Waals surface area (Å²) in [6.45, 7) is -0.900. The summed E-state index contributed by atoms with van der Waals surface area (Å²) in [5, 5.41) is 8.79. The highest BCUT2D eigenvalue weighted by molar-refractivity contribution is 5.39. The Bertz CT molecular complexity index is 641. The molecule has 0 aliphatic carbocycles. The zero-order valence-corrected chi connectivity index (χ0v) is 9.34.